The summed E-state index contributed by atoms with van der Waals surface area (Å²) in [6, 6.07) is 41.8. The lowest BCUT2D eigenvalue weighted by Gasteiger charge is -2.36. The molecule has 0 saturated carbocycles. The second kappa shape index (κ2) is 16.9. The van der Waals surface area contributed by atoms with Crippen LogP contribution in [0, 0.1) is 0 Å². The third kappa shape index (κ3) is 8.22. The third-order valence-corrected chi connectivity index (χ3v) is 19.5. The van der Waals surface area contributed by atoms with Gasteiger partial charge in [-0.1, -0.05) is 183 Å². The summed E-state index contributed by atoms with van der Waals surface area (Å²) < 4.78 is 2.75. The Kier molecular flexibility index (Phi) is 12.3. The van der Waals surface area contributed by atoms with Crippen molar-refractivity contribution in [2.24, 2.45) is 0 Å². The molecule has 0 spiro atoms. The number of thiophene rings is 1. The van der Waals surface area contributed by atoms with Gasteiger partial charge in [0.05, 0.1) is 10.4 Å². The van der Waals surface area contributed by atoms with E-state index in [1.807, 2.05) is 17.5 Å². The fourth-order valence-electron chi connectivity index (χ4n) is 9.03. The summed E-state index contributed by atoms with van der Waals surface area (Å²) in [6.07, 6.45) is 2.05. The fraction of sp³-hybridized carbons (Fsp3) is 0.386. The highest BCUT2D eigenvalue weighted by atomic mass is 32.1. The quantitative estimate of drug-likeness (QED) is 0.0935. The Morgan fingerprint density at radius 3 is 1.28 bits per heavy atom. The molecular formula is C57H69NSSi. The molecule has 3 heteroatoms. The first-order valence-corrected chi connectivity index (χ1v) is 25.5. The Bertz CT molecular complexity index is 2430. The van der Waals surface area contributed by atoms with Crippen molar-refractivity contribution in [2.75, 3.05) is 0 Å². The first-order chi connectivity index (χ1) is 28.3. The number of hydrogen-bond donors (Lipinski definition) is 0. The molecule has 60 heavy (non-hydrogen) atoms. The van der Waals surface area contributed by atoms with Crippen LogP contribution in [0.3, 0.4) is 0 Å². The van der Waals surface area contributed by atoms with Crippen LogP contribution in [0.15, 0.2) is 109 Å². The Hall–Kier alpha value is -4.31. The number of nitrogens with zero attached hydrogens (tertiary/aromatic N) is 1. The number of rotatable bonds is 11. The minimum atomic E-state index is -3.06. The zero-order valence-electron chi connectivity index (χ0n) is 39.2. The van der Waals surface area contributed by atoms with Gasteiger partial charge in [0.15, 0.2) is 8.07 Å². The fourth-order valence-corrected chi connectivity index (χ4v) is 16.5. The van der Waals surface area contributed by atoms with Gasteiger partial charge in [-0.25, -0.2) is 0 Å². The first kappa shape index (κ1) is 43.8. The minimum Gasteiger partial charge on any atom is -0.255 e. The van der Waals surface area contributed by atoms with E-state index >= 15 is 0 Å². The molecule has 0 aliphatic carbocycles. The lowest BCUT2D eigenvalue weighted by molar-refractivity contribution is 0.596. The van der Waals surface area contributed by atoms with Gasteiger partial charge in [-0.3, -0.25) is 4.98 Å². The SMILES string of the molecule is CC(C)c1cc(C(C)C)cc([Si](c2cc(C(C)C)cc(C(C)C)c2)(c2cc(C(C)C)cc(C(C)C)c2)c2cc3ccnc(-c4cc(C(C)(C)C)c5ccccc5c4)c3s2)c1. The first-order valence-electron chi connectivity index (χ1n) is 22.7. The van der Waals surface area contributed by atoms with E-state index in [0.717, 1.165) is 5.69 Å². The van der Waals surface area contributed by atoms with Crippen molar-refractivity contribution in [3.8, 4) is 11.3 Å². The van der Waals surface area contributed by atoms with E-state index in [2.05, 4.69) is 207 Å². The number of aromatic nitrogens is 1. The van der Waals surface area contributed by atoms with Crippen LogP contribution in [-0.2, 0) is 5.41 Å². The highest BCUT2D eigenvalue weighted by Crippen LogP contribution is 2.38. The average molecular weight is 828 g/mol. The molecule has 0 aliphatic rings. The second-order valence-electron chi connectivity index (χ2n) is 20.5. The van der Waals surface area contributed by atoms with Crippen molar-refractivity contribution in [1.82, 2.24) is 4.98 Å². The average Bonchev–Trinajstić information content (AvgIpc) is 3.64. The second-order valence-corrected chi connectivity index (χ2v) is 25.7. The molecule has 2 heterocycles. The molecule has 7 rings (SSSR count). The standard InChI is InChI=1S/C57H69NSSi/c1-34(2)42-23-43(35(3)4)27-49(26-42)60(50-28-44(36(5)6)24-45(29-50)37(7)8,51-30-46(38(9)10)25-47(31-51)39(11)12)54-33-41-20-21-58-55(56(41)59-54)48-22-40-18-16-17-19-52(40)53(32-48)57(13,14)15/h16-39H,1-15H3. The molecule has 0 amide bonds. The Morgan fingerprint density at radius 1 is 0.467 bits per heavy atom. The summed E-state index contributed by atoms with van der Waals surface area (Å²) in [4.78, 5) is 5.27. The van der Waals surface area contributed by atoms with E-state index in [9.17, 15) is 0 Å². The lowest BCUT2D eigenvalue weighted by Crippen LogP contribution is -2.74. The van der Waals surface area contributed by atoms with Crippen molar-refractivity contribution in [1.29, 1.82) is 0 Å². The predicted molar refractivity (Wildman–Crippen MR) is 269 cm³/mol. The maximum Gasteiger partial charge on any atom is 0.191 e. The molecule has 5 aromatic carbocycles. The summed E-state index contributed by atoms with van der Waals surface area (Å²) in [5.74, 6) is 2.41. The topological polar surface area (TPSA) is 12.9 Å². The van der Waals surface area contributed by atoms with Crippen molar-refractivity contribution < 1.29 is 0 Å². The minimum absolute atomic E-state index is 0.0210. The lowest BCUT2D eigenvalue weighted by atomic mass is 9.82. The van der Waals surface area contributed by atoms with Crippen molar-refractivity contribution >= 4 is 60.3 Å². The van der Waals surface area contributed by atoms with E-state index < -0.39 is 8.07 Å². The van der Waals surface area contributed by atoms with Crippen LogP contribution in [0.25, 0.3) is 32.1 Å². The van der Waals surface area contributed by atoms with Crippen molar-refractivity contribution in [3.63, 3.8) is 0 Å². The monoisotopic (exact) mass is 827 g/mol. The van der Waals surface area contributed by atoms with E-state index in [1.165, 1.54) is 85.4 Å². The molecule has 0 unspecified atom stereocenters. The van der Waals surface area contributed by atoms with Gasteiger partial charge in [0.1, 0.15) is 0 Å². The molecule has 0 saturated heterocycles. The largest absolute Gasteiger partial charge is 0.255 e. The summed E-state index contributed by atoms with van der Waals surface area (Å²) in [5, 5.41) is 8.34. The van der Waals surface area contributed by atoms with Crippen LogP contribution in [0.1, 0.15) is 178 Å². The summed E-state index contributed by atoms with van der Waals surface area (Å²) in [5.41, 5.74) is 12.2. The molecule has 0 bridgehead atoms. The molecule has 0 fully saturated rings. The molecule has 0 aliphatic heterocycles. The van der Waals surface area contributed by atoms with E-state index in [-0.39, 0.29) is 5.41 Å². The summed E-state index contributed by atoms with van der Waals surface area (Å²) >= 11 is 2.01. The highest BCUT2D eigenvalue weighted by Gasteiger charge is 2.45. The molecule has 7 aromatic rings. The van der Waals surface area contributed by atoms with Crippen LogP contribution >= 0.6 is 11.3 Å². The smallest absolute Gasteiger partial charge is 0.191 e. The molecule has 0 N–H and O–H groups in total. The van der Waals surface area contributed by atoms with Gasteiger partial charge >= 0.3 is 0 Å². The van der Waals surface area contributed by atoms with Crippen LogP contribution in [-0.4, -0.2) is 13.1 Å². The number of fused-ring (bicyclic) bond motifs is 2. The van der Waals surface area contributed by atoms with Crippen molar-refractivity contribution in [2.45, 2.75) is 145 Å². The van der Waals surface area contributed by atoms with Crippen LogP contribution in [0.5, 0.6) is 0 Å². The van der Waals surface area contributed by atoms with Crippen molar-refractivity contribution in [3.05, 3.63) is 148 Å². The number of hydrogen-bond acceptors (Lipinski definition) is 2. The number of benzene rings is 5. The maximum atomic E-state index is 5.27. The molecule has 2 aromatic heterocycles. The van der Waals surface area contributed by atoms with E-state index in [0.29, 0.717) is 35.5 Å². The van der Waals surface area contributed by atoms with E-state index in [4.69, 9.17) is 4.98 Å². The van der Waals surface area contributed by atoms with Gasteiger partial charge in [-0.05, 0) is 136 Å². The predicted octanol–water partition coefficient (Wildman–Crippen LogP) is 14.5. The Morgan fingerprint density at radius 2 is 0.883 bits per heavy atom. The van der Waals surface area contributed by atoms with Gasteiger partial charge in [0.2, 0.25) is 0 Å². The Labute approximate surface area is 367 Å². The molecule has 0 radical (unpaired) electrons. The van der Waals surface area contributed by atoms with Gasteiger partial charge in [-0.15, -0.1) is 11.3 Å². The highest BCUT2D eigenvalue weighted by molar-refractivity contribution is 7.39. The molecular weight excluding hydrogens is 759 g/mol. The van der Waals surface area contributed by atoms with Gasteiger partial charge in [-0.2, -0.15) is 0 Å². The zero-order valence-corrected chi connectivity index (χ0v) is 41.0. The van der Waals surface area contributed by atoms with Gasteiger partial charge in [0, 0.05) is 16.3 Å². The Balaban J connectivity index is 1.70. The normalized spacial score (nSPS) is 12.8. The van der Waals surface area contributed by atoms with Gasteiger partial charge < -0.3 is 0 Å². The third-order valence-electron chi connectivity index (χ3n) is 13.0. The summed E-state index contributed by atoms with van der Waals surface area (Å²) in [7, 11) is -3.06. The zero-order chi connectivity index (χ0) is 43.4. The summed E-state index contributed by atoms with van der Waals surface area (Å²) in [6.45, 7) is 35.4. The van der Waals surface area contributed by atoms with E-state index in [1.54, 1.807) is 0 Å². The maximum absolute atomic E-state index is 5.27. The molecule has 312 valence electrons. The van der Waals surface area contributed by atoms with Gasteiger partial charge in [0.25, 0.3) is 0 Å². The number of pyridine rings is 1. The molecule has 0 atom stereocenters. The molecule has 1 nitrogen and oxygen atoms in total. The van der Waals surface area contributed by atoms with Crippen LogP contribution < -0.4 is 20.1 Å². The van der Waals surface area contributed by atoms with Crippen LogP contribution in [0.2, 0.25) is 0 Å². The van der Waals surface area contributed by atoms with Crippen LogP contribution in [0.4, 0.5) is 0 Å².